The van der Waals surface area contributed by atoms with E-state index in [1.807, 2.05) is 0 Å². The predicted octanol–water partition coefficient (Wildman–Crippen LogP) is 3.19. The molecule has 1 N–H and O–H groups in total. The van der Waals surface area contributed by atoms with Gasteiger partial charge in [-0.3, -0.25) is 4.79 Å². The molecule has 0 aromatic carbocycles. The van der Waals surface area contributed by atoms with Gasteiger partial charge in [0.25, 0.3) is 0 Å². The highest BCUT2D eigenvalue weighted by Crippen LogP contribution is 2.37. The van der Waals surface area contributed by atoms with Crippen LogP contribution in [0.25, 0.3) is 11.3 Å². The molecule has 1 fully saturated rings. The maximum absolute atomic E-state index is 12.8. The molecule has 10 heteroatoms. The number of thiophene rings is 1. The molecule has 1 aliphatic heterocycles. The van der Waals surface area contributed by atoms with E-state index in [2.05, 4.69) is 5.32 Å². The molecule has 1 amide bonds. The van der Waals surface area contributed by atoms with Crippen LogP contribution < -0.4 is 5.32 Å². The van der Waals surface area contributed by atoms with E-state index in [1.165, 1.54) is 21.9 Å². The summed E-state index contributed by atoms with van der Waals surface area (Å²) in [5.41, 5.74) is 0.837. The van der Waals surface area contributed by atoms with Crippen molar-refractivity contribution < 1.29 is 27.2 Å². The van der Waals surface area contributed by atoms with E-state index < -0.39 is 16.0 Å². The summed E-state index contributed by atoms with van der Waals surface area (Å²) in [5.74, 6) is -0.501. The summed E-state index contributed by atoms with van der Waals surface area (Å²) in [6, 6.07) is 3.46. The molecular weight excluding hydrogens is 416 g/mol. The van der Waals surface area contributed by atoms with E-state index >= 15 is 0 Å². The lowest BCUT2D eigenvalue weighted by Crippen LogP contribution is -2.42. The van der Waals surface area contributed by atoms with E-state index in [0.29, 0.717) is 42.3 Å². The first-order chi connectivity index (χ1) is 13.9. The van der Waals surface area contributed by atoms with Crippen LogP contribution in [-0.2, 0) is 19.6 Å². The number of anilines is 1. The number of hydrogen-bond donors (Lipinski definition) is 1. The van der Waals surface area contributed by atoms with Crippen molar-refractivity contribution in [2.45, 2.75) is 26.7 Å². The molecular formula is C19H24N2O6S2. The number of sulfonamides is 1. The summed E-state index contributed by atoms with van der Waals surface area (Å²) in [5, 5.41) is 4.99. The summed E-state index contributed by atoms with van der Waals surface area (Å²) >= 11 is 1.23. The molecule has 0 spiro atoms. The number of rotatable bonds is 7. The quantitative estimate of drug-likeness (QED) is 0.663. The van der Waals surface area contributed by atoms with Crippen LogP contribution >= 0.6 is 11.3 Å². The predicted molar refractivity (Wildman–Crippen MR) is 110 cm³/mol. The van der Waals surface area contributed by atoms with Crippen molar-refractivity contribution in [1.29, 1.82) is 0 Å². The van der Waals surface area contributed by atoms with Crippen molar-refractivity contribution in [3.8, 4) is 11.3 Å². The Hall–Kier alpha value is -2.17. The number of carbonyl (C=O) groups excluding carboxylic acids is 2. The van der Waals surface area contributed by atoms with Crippen LogP contribution in [0.1, 0.15) is 37.0 Å². The number of piperidine rings is 1. The highest BCUT2D eigenvalue weighted by atomic mass is 32.2. The fourth-order valence-electron chi connectivity index (χ4n) is 3.26. The van der Waals surface area contributed by atoms with Gasteiger partial charge < -0.3 is 14.5 Å². The molecule has 3 heterocycles. The van der Waals surface area contributed by atoms with Gasteiger partial charge in [-0.25, -0.2) is 17.5 Å². The molecule has 0 bridgehead atoms. The lowest BCUT2D eigenvalue weighted by atomic mass is 9.97. The molecule has 0 unspecified atom stereocenters. The lowest BCUT2D eigenvalue weighted by Gasteiger charge is -2.30. The molecule has 8 nitrogen and oxygen atoms in total. The van der Waals surface area contributed by atoms with Gasteiger partial charge in [0, 0.05) is 30.0 Å². The number of hydrogen-bond acceptors (Lipinski definition) is 7. The van der Waals surface area contributed by atoms with Crippen molar-refractivity contribution in [3.05, 3.63) is 29.3 Å². The van der Waals surface area contributed by atoms with Crippen LogP contribution in [0.5, 0.6) is 0 Å². The number of nitrogens with zero attached hydrogens (tertiary/aromatic N) is 1. The van der Waals surface area contributed by atoms with Crippen LogP contribution in [0.15, 0.2) is 28.2 Å². The SMILES string of the molecule is CCOC(=O)c1c(-c2ccco2)csc1NC(=O)C1CCN(S(=O)(=O)CC)CC1. The van der Waals surface area contributed by atoms with Gasteiger partial charge >= 0.3 is 5.97 Å². The molecule has 0 radical (unpaired) electrons. The highest BCUT2D eigenvalue weighted by molar-refractivity contribution is 7.89. The van der Waals surface area contributed by atoms with E-state index in [9.17, 15) is 18.0 Å². The number of amides is 1. The molecule has 1 saturated heterocycles. The van der Waals surface area contributed by atoms with E-state index in [4.69, 9.17) is 9.15 Å². The summed E-state index contributed by atoms with van der Waals surface area (Å²) in [6.45, 7) is 4.18. The molecule has 0 saturated carbocycles. The molecule has 0 atom stereocenters. The van der Waals surface area contributed by atoms with Crippen LogP contribution in [0.4, 0.5) is 5.00 Å². The third-order valence-corrected chi connectivity index (χ3v) is 7.65. The third-order valence-electron chi connectivity index (χ3n) is 4.88. The van der Waals surface area contributed by atoms with Gasteiger partial charge in [-0.05, 0) is 38.8 Å². The highest BCUT2D eigenvalue weighted by Gasteiger charge is 2.31. The molecule has 3 rings (SSSR count). The summed E-state index contributed by atoms with van der Waals surface area (Å²) in [7, 11) is -3.24. The topological polar surface area (TPSA) is 106 Å². The van der Waals surface area contributed by atoms with Gasteiger partial charge in [-0.2, -0.15) is 0 Å². The molecule has 158 valence electrons. The monoisotopic (exact) mass is 440 g/mol. The van der Waals surface area contributed by atoms with Crippen molar-refractivity contribution >= 4 is 38.2 Å². The number of ether oxygens (including phenoxy) is 1. The molecule has 2 aromatic rings. The van der Waals surface area contributed by atoms with E-state index in [1.54, 1.807) is 31.4 Å². The van der Waals surface area contributed by atoms with E-state index in [-0.39, 0.29) is 29.7 Å². The Bertz CT molecular complexity index is 957. The van der Waals surface area contributed by atoms with E-state index in [0.717, 1.165) is 0 Å². The molecule has 0 aliphatic carbocycles. The first-order valence-corrected chi connectivity index (χ1v) is 12.0. The summed E-state index contributed by atoms with van der Waals surface area (Å²) in [6.07, 6.45) is 2.39. The third kappa shape index (κ3) is 4.71. The van der Waals surface area contributed by atoms with Crippen molar-refractivity contribution in [2.75, 3.05) is 30.8 Å². The summed E-state index contributed by atoms with van der Waals surface area (Å²) in [4.78, 5) is 25.3. The minimum atomic E-state index is -3.24. The standard InChI is InChI=1S/C19H24N2O6S2/c1-3-26-19(23)16-14(15-6-5-11-27-15)12-28-18(16)20-17(22)13-7-9-21(10-8-13)29(24,25)4-2/h5-6,11-13H,3-4,7-10H2,1-2H3,(H,20,22). The van der Waals surface area contributed by atoms with Crippen molar-refractivity contribution in [1.82, 2.24) is 4.31 Å². The Morgan fingerprint density at radius 2 is 2.03 bits per heavy atom. The second-order valence-electron chi connectivity index (χ2n) is 6.61. The van der Waals surface area contributed by atoms with Crippen LogP contribution in [-0.4, -0.2) is 50.0 Å². The Morgan fingerprint density at radius 3 is 2.62 bits per heavy atom. The zero-order chi connectivity index (χ0) is 21.0. The Kier molecular flexibility index (Phi) is 6.76. The van der Waals surface area contributed by atoms with Gasteiger partial charge in [0.15, 0.2) is 0 Å². The van der Waals surface area contributed by atoms with Gasteiger partial charge in [-0.15, -0.1) is 11.3 Å². The van der Waals surface area contributed by atoms with Gasteiger partial charge in [0.05, 0.1) is 18.6 Å². The van der Waals surface area contributed by atoms with Gasteiger partial charge in [-0.1, -0.05) is 0 Å². The lowest BCUT2D eigenvalue weighted by molar-refractivity contribution is -0.120. The second kappa shape index (κ2) is 9.10. The number of carbonyl (C=O) groups is 2. The van der Waals surface area contributed by atoms with Gasteiger partial charge in [0.2, 0.25) is 15.9 Å². The van der Waals surface area contributed by atoms with Crippen molar-refractivity contribution in [2.24, 2.45) is 5.92 Å². The Morgan fingerprint density at radius 1 is 1.31 bits per heavy atom. The fourth-order valence-corrected chi connectivity index (χ4v) is 5.33. The maximum Gasteiger partial charge on any atom is 0.341 e. The smallest absolute Gasteiger partial charge is 0.341 e. The average molecular weight is 441 g/mol. The van der Waals surface area contributed by atoms with Crippen LogP contribution in [0.3, 0.4) is 0 Å². The molecule has 2 aromatic heterocycles. The minimum absolute atomic E-state index is 0.0531. The van der Waals surface area contributed by atoms with Crippen LogP contribution in [0.2, 0.25) is 0 Å². The zero-order valence-electron chi connectivity index (χ0n) is 16.3. The molecule has 29 heavy (non-hydrogen) atoms. The summed E-state index contributed by atoms with van der Waals surface area (Å²) < 4.78 is 36.0. The second-order valence-corrected chi connectivity index (χ2v) is 9.75. The number of esters is 1. The fraction of sp³-hybridized carbons (Fsp3) is 0.474. The minimum Gasteiger partial charge on any atom is -0.464 e. The Balaban J connectivity index is 1.75. The largest absolute Gasteiger partial charge is 0.464 e. The van der Waals surface area contributed by atoms with Crippen LogP contribution in [0, 0.1) is 5.92 Å². The first-order valence-electron chi connectivity index (χ1n) is 9.48. The average Bonchev–Trinajstić information content (AvgIpc) is 3.38. The molecule has 1 aliphatic rings. The van der Waals surface area contributed by atoms with Crippen molar-refractivity contribution in [3.63, 3.8) is 0 Å². The first kappa shape index (κ1) is 21.5. The zero-order valence-corrected chi connectivity index (χ0v) is 18.0. The number of nitrogens with one attached hydrogen (secondary N) is 1. The normalized spacial score (nSPS) is 15.9. The number of furan rings is 1. The Labute approximate surface area is 173 Å². The van der Waals surface area contributed by atoms with Gasteiger partial charge in [0.1, 0.15) is 16.3 Å². The maximum atomic E-state index is 12.8.